The molecule has 0 saturated carbocycles. The van der Waals surface area contributed by atoms with Crippen LogP contribution in [0.5, 0.6) is 0 Å². The first-order chi connectivity index (χ1) is 8.11. The Balaban J connectivity index is 2.69. The Morgan fingerprint density at radius 2 is 1.94 bits per heavy atom. The molecule has 0 aliphatic carbocycles. The normalized spacial score (nSPS) is 10.2. The number of carbonyl (C=O) groups is 1. The maximum Gasteiger partial charge on any atom is 0.249 e. The van der Waals surface area contributed by atoms with Crippen molar-refractivity contribution in [3.63, 3.8) is 0 Å². The number of aryl methyl sites for hydroxylation is 1. The second kappa shape index (κ2) is 4.33. The third kappa shape index (κ3) is 2.01. The summed E-state index contributed by atoms with van der Waals surface area (Å²) in [5, 5.41) is 8.01. The quantitative estimate of drug-likeness (QED) is 0.851. The highest BCUT2D eigenvalue weighted by Gasteiger charge is 2.13. The van der Waals surface area contributed by atoms with Gasteiger partial charge in [-0.2, -0.15) is 10.2 Å². The summed E-state index contributed by atoms with van der Waals surface area (Å²) in [6, 6.07) is 7.16. The number of rotatable bonds is 2. The number of nitrogens with two attached hydrogens (primary N) is 1. The number of hydrogen-bond donors (Lipinski definition) is 1. The van der Waals surface area contributed by atoms with E-state index in [0.29, 0.717) is 11.3 Å². The monoisotopic (exact) mass is 227 g/mol. The van der Waals surface area contributed by atoms with Gasteiger partial charge < -0.3 is 5.73 Å². The average molecular weight is 227 g/mol. The molecule has 0 radical (unpaired) electrons. The molecule has 2 N–H and O–H groups in total. The van der Waals surface area contributed by atoms with Gasteiger partial charge in [-0.25, -0.2) is 0 Å². The fourth-order valence-electron chi connectivity index (χ4n) is 1.69. The van der Waals surface area contributed by atoms with E-state index in [-0.39, 0.29) is 0 Å². The number of benzene rings is 1. The number of nitrogens with zero attached hydrogens (tertiary/aromatic N) is 2. The predicted octanol–water partition coefficient (Wildman–Crippen LogP) is 1.86. The van der Waals surface area contributed by atoms with E-state index < -0.39 is 5.91 Å². The predicted molar refractivity (Wildman–Crippen MR) is 65.5 cm³/mol. The molecule has 1 heterocycles. The molecule has 0 fully saturated rings. The van der Waals surface area contributed by atoms with Crippen molar-refractivity contribution in [3.8, 4) is 11.3 Å². The van der Waals surface area contributed by atoms with Crippen LogP contribution in [0.15, 0.2) is 30.5 Å². The van der Waals surface area contributed by atoms with Crippen LogP contribution in [0.3, 0.4) is 0 Å². The van der Waals surface area contributed by atoms with Crippen molar-refractivity contribution in [2.24, 2.45) is 5.73 Å². The number of primary amides is 1. The summed E-state index contributed by atoms with van der Waals surface area (Å²) in [5.74, 6) is -0.455. The Morgan fingerprint density at radius 1 is 1.24 bits per heavy atom. The van der Waals surface area contributed by atoms with Gasteiger partial charge in [-0.15, -0.1) is 0 Å². The molecule has 86 valence electrons. The molecule has 0 bridgehead atoms. The summed E-state index contributed by atoms with van der Waals surface area (Å²) in [7, 11) is 0. The molecule has 2 aromatic rings. The van der Waals surface area contributed by atoms with Crippen molar-refractivity contribution in [2.75, 3.05) is 0 Å². The molecule has 0 aliphatic heterocycles. The van der Waals surface area contributed by atoms with Crippen LogP contribution in [0.1, 0.15) is 21.5 Å². The van der Waals surface area contributed by atoms with E-state index >= 15 is 0 Å². The van der Waals surface area contributed by atoms with Gasteiger partial charge in [0.1, 0.15) is 0 Å². The summed E-state index contributed by atoms with van der Waals surface area (Å²) in [6.07, 6.45) is 1.70. The van der Waals surface area contributed by atoms with Gasteiger partial charge in [0.25, 0.3) is 0 Å². The van der Waals surface area contributed by atoms with E-state index in [9.17, 15) is 4.79 Å². The second-order valence-electron chi connectivity index (χ2n) is 3.91. The molecule has 4 nitrogen and oxygen atoms in total. The summed E-state index contributed by atoms with van der Waals surface area (Å²) in [4.78, 5) is 11.4. The molecular formula is C13H13N3O. The van der Waals surface area contributed by atoms with Crippen molar-refractivity contribution >= 4 is 5.91 Å². The standard InChI is InChI=1S/C13H13N3O/c1-8-7-15-16-12(9(8)2)10-5-3-4-6-11(10)13(14)17/h3-7H,1-2H3,(H2,14,17). The molecule has 1 aromatic heterocycles. The van der Waals surface area contributed by atoms with Crippen LogP contribution in [-0.2, 0) is 0 Å². The molecule has 0 spiro atoms. The Labute approximate surface area is 99.5 Å². The van der Waals surface area contributed by atoms with Gasteiger partial charge >= 0.3 is 0 Å². The smallest absolute Gasteiger partial charge is 0.249 e. The van der Waals surface area contributed by atoms with Crippen LogP contribution in [0.4, 0.5) is 0 Å². The molecule has 2 rings (SSSR count). The number of amides is 1. The molecule has 17 heavy (non-hydrogen) atoms. The van der Waals surface area contributed by atoms with E-state index in [2.05, 4.69) is 10.2 Å². The Morgan fingerprint density at radius 3 is 2.65 bits per heavy atom. The van der Waals surface area contributed by atoms with Crippen LogP contribution in [-0.4, -0.2) is 16.1 Å². The zero-order valence-electron chi connectivity index (χ0n) is 9.77. The first-order valence-electron chi connectivity index (χ1n) is 5.29. The highest BCUT2D eigenvalue weighted by atomic mass is 16.1. The molecular weight excluding hydrogens is 214 g/mol. The van der Waals surface area contributed by atoms with Crippen LogP contribution < -0.4 is 5.73 Å². The fourth-order valence-corrected chi connectivity index (χ4v) is 1.69. The maximum absolute atomic E-state index is 11.4. The first-order valence-corrected chi connectivity index (χ1v) is 5.29. The van der Waals surface area contributed by atoms with Gasteiger partial charge in [-0.05, 0) is 31.0 Å². The lowest BCUT2D eigenvalue weighted by Gasteiger charge is -2.09. The average Bonchev–Trinajstić information content (AvgIpc) is 2.33. The lowest BCUT2D eigenvalue weighted by Crippen LogP contribution is -2.13. The highest BCUT2D eigenvalue weighted by molar-refractivity contribution is 5.99. The van der Waals surface area contributed by atoms with Gasteiger partial charge in [0.15, 0.2) is 0 Å². The third-order valence-corrected chi connectivity index (χ3v) is 2.80. The lowest BCUT2D eigenvalue weighted by atomic mass is 9.99. The van der Waals surface area contributed by atoms with Gasteiger partial charge in [0.05, 0.1) is 11.9 Å². The minimum atomic E-state index is -0.455. The summed E-state index contributed by atoms with van der Waals surface area (Å²) in [5.41, 5.74) is 9.30. The second-order valence-corrected chi connectivity index (χ2v) is 3.91. The van der Waals surface area contributed by atoms with Gasteiger partial charge in [0, 0.05) is 11.1 Å². The summed E-state index contributed by atoms with van der Waals surface area (Å²) >= 11 is 0. The van der Waals surface area contributed by atoms with Crippen molar-refractivity contribution < 1.29 is 4.79 Å². The van der Waals surface area contributed by atoms with E-state index in [0.717, 1.165) is 16.7 Å². The lowest BCUT2D eigenvalue weighted by molar-refractivity contribution is 0.100. The Kier molecular flexibility index (Phi) is 2.87. The van der Waals surface area contributed by atoms with E-state index in [1.54, 1.807) is 18.3 Å². The number of hydrogen-bond acceptors (Lipinski definition) is 3. The van der Waals surface area contributed by atoms with E-state index in [1.807, 2.05) is 26.0 Å². The molecule has 0 atom stereocenters. The summed E-state index contributed by atoms with van der Waals surface area (Å²) in [6.45, 7) is 3.91. The van der Waals surface area contributed by atoms with Crippen LogP contribution in [0.2, 0.25) is 0 Å². The SMILES string of the molecule is Cc1cnnc(-c2ccccc2C(N)=O)c1C. The van der Waals surface area contributed by atoms with Crippen molar-refractivity contribution in [3.05, 3.63) is 47.2 Å². The topological polar surface area (TPSA) is 68.9 Å². The van der Waals surface area contributed by atoms with Gasteiger partial charge in [-0.1, -0.05) is 18.2 Å². The zero-order chi connectivity index (χ0) is 12.4. The van der Waals surface area contributed by atoms with Gasteiger partial charge in [-0.3, -0.25) is 4.79 Å². The minimum Gasteiger partial charge on any atom is -0.366 e. The number of aromatic nitrogens is 2. The molecule has 4 heteroatoms. The van der Waals surface area contributed by atoms with E-state index in [4.69, 9.17) is 5.73 Å². The molecule has 0 saturated heterocycles. The first kappa shape index (κ1) is 11.3. The summed E-state index contributed by atoms with van der Waals surface area (Å²) < 4.78 is 0. The molecule has 0 aliphatic rings. The molecule has 1 amide bonds. The Hall–Kier alpha value is -2.23. The van der Waals surface area contributed by atoms with Crippen LogP contribution in [0, 0.1) is 13.8 Å². The third-order valence-electron chi connectivity index (χ3n) is 2.80. The largest absolute Gasteiger partial charge is 0.366 e. The number of carbonyl (C=O) groups excluding carboxylic acids is 1. The highest BCUT2D eigenvalue weighted by Crippen LogP contribution is 2.25. The minimum absolute atomic E-state index is 0.455. The van der Waals surface area contributed by atoms with Gasteiger partial charge in [0.2, 0.25) is 5.91 Å². The van der Waals surface area contributed by atoms with Crippen molar-refractivity contribution in [1.82, 2.24) is 10.2 Å². The molecule has 0 unspecified atom stereocenters. The molecule has 1 aromatic carbocycles. The van der Waals surface area contributed by atoms with Crippen molar-refractivity contribution in [2.45, 2.75) is 13.8 Å². The van der Waals surface area contributed by atoms with Crippen molar-refractivity contribution in [1.29, 1.82) is 0 Å². The van der Waals surface area contributed by atoms with Crippen LogP contribution in [0.25, 0.3) is 11.3 Å². The maximum atomic E-state index is 11.4. The fraction of sp³-hybridized carbons (Fsp3) is 0.154. The zero-order valence-corrected chi connectivity index (χ0v) is 9.77. The van der Waals surface area contributed by atoms with Crippen LogP contribution >= 0.6 is 0 Å². The Bertz CT molecular complexity index is 579. The van der Waals surface area contributed by atoms with E-state index in [1.165, 1.54) is 0 Å².